The van der Waals surface area contributed by atoms with Crippen LogP contribution in [0.25, 0.3) is 16.9 Å². The van der Waals surface area contributed by atoms with Gasteiger partial charge >= 0.3 is 5.97 Å². The zero-order valence-corrected chi connectivity index (χ0v) is 12.7. The highest BCUT2D eigenvalue weighted by molar-refractivity contribution is 5.85. The predicted octanol–water partition coefficient (Wildman–Crippen LogP) is 2.51. The van der Waals surface area contributed by atoms with E-state index in [9.17, 15) is 19.7 Å². The molecule has 1 aromatic heterocycles. The third kappa shape index (κ3) is 3.00. The first-order valence-electron chi connectivity index (χ1n) is 7.16. The van der Waals surface area contributed by atoms with Gasteiger partial charge in [0.1, 0.15) is 5.69 Å². The number of carboxylic acid groups (broad SMARTS) is 1. The molecule has 0 unspecified atom stereocenters. The fraction of sp³-hybridized carbons (Fsp3) is 0. The summed E-state index contributed by atoms with van der Waals surface area (Å²) in [6.45, 7) is 0. The molecule has 0 saturated carbocycles. The molecule has 0 spiro atoms. The summed E-state index contributed by atoms with van der Waals surface area (Å²) in [6, 6.07) is 15.5. The molecule has 0 bridgehead atoms. The SMILES string of the molecule is O=C(O)c1nn(-c2ccccc2[N+](=O)[O-])c(-c2ccccc2)cc1=O. The minimum Gasteiger partial charge on any atom is -0.476 e. The molecule has 3 aromatic rings. The molecule has 0 fully saturated rings. The van der Waals surface area contributed by atoms with Gasteiger partial charge in [-0.1, -0.05) is 42.5 Å². The van der Waals surface area contributed by atoms with E-state index < -0.39 is 22.0 Å². The van der Waals surface area contributed by atoms with Crippen molar-refractivity contribution in [1.29, 1.82) is 0 Å². The Labute approximate surface area is 140 Å². The van der Waals surface area contributed by atoms with Crippen molar-refractivity contribution in [3.05, 3.63) is 86.7 Å². The average Bonchev–Trinajstić information content (AvgIpc) is 2.62. The van der Waals surface area contributed by atoms with E-state index >= 15 is 0 Å². The maximum atomic E-state index is 12.1. The van der Waals surface area contributed by atoms with Crippen molar-refractivity contribution in [2.75, 3.05) is 0 Å². The van der Waals surface area contributed by atoms with Gasteiger partial charge in [0.15, 0.2) is 0 Å². The number of hydrogen-bond donors (Lipinski definition) is 1. The van der Waals surface area contributed by atoms with Crippen LogP contribution in [0.1, 0.15) is 10.5 Å². The number of nitro benzene ring substituents is 1. The summed E-state index contributed by atoms with van der Waals surface area (Å²) in [5.74, 6) is -1.50. The van der Waals surface area contributed by atoms with Gasteiger partial charge in [0, 0.05) is 17.7 Å². The molecule has 0 radical (unpaired) electrons. The number of nitro groups is 1. The maximum Gasteiger partial charge on any atom is 0.360 e. The topological polar surface area (TPSA) is 115 Å². The van der Waals surface area contributed by atoms with Gasteiger partial charge < -0.3 is 5.11 Å². The third-order valence-corrected chi connectivity index (χ3v) is 3.51. The highest BCUT2D eigenvalue weighted by Crippen LogP contribution is 2.26. The van der Waals surface area contributed by atoms with E-state index in [0.717, 1.165) is 10.7 Å². The number of aromatic nitrogens is 2. The third-order valence-electron chi connectivity index (χ3n) is 3.51. The monoisotopic (exact) mass is 337 g/mol. The molecule has 8 nitrogen and oxygen atoms in total. The van der Waals surface area contributed by atoms with Crippen molar-refractivity contribution in [3.8, 4) is 16.9 Å². The lowest BCUT2D eigenvalue weighted by Crippen LogP contribution is -2.22. The van der Waals surface area contributed by atoms with Crippen molar-refractivity contribution < 1.29 is 14.8 Å². The van der Waals surface area contributed by atoms with E-state index in [1.54, 1.807) is 36.4 Å². The summed E-state index contributed by atoms with van der Waals surface area (Å²) in [4.78, 5) is 34.1. The summed E-state index contributed by atoms with van der Waals surface area (Å²) in [5, 5.41) is 24.3. The van der Waals surface area contributed by atoms with Crippen molar-refractivity contribution in [2.24, 2.45) is 0 Å². The molecule has 1 N–H and O–H groups in total. The van der Waals surface area contributed by atoms with Crippen LogP contribution < -0.4 is 5.43 Å². The minimum absolute atomic E-state index is 0.0638. The number of hydrogen-bond acceptors (Lipinski definition) is 5. The number of carbonyl (C=O) groups is 1. The molecule has 0 atom stereocenters. The standard InChI is InChI=1S/C17H11N3O5/c21-15-10-14(11-6-2-1-3-7-11)19(18-16(15)17(22)23)12-8-4-5-9-13(12)20(24)25/h1-10H,(H,22,23). The van der Waals surface area contributed by atoms with Crippen LogP contribution in [-0.4, -0.2) is 25.8 Å². The molecule has 2 aromatic carbocycles. The van der Waals surface area contributed by atoms with Crippen molar-refractivity contribution >= 4 is 11.7 Å². The van der Waals surface area contributed by atoms with Gasteiger partial charge in [-0.15, -0.1) is 0 Å². The Balaban J connectivity index is 2.39. The van der Waals surface area contributed by atoms with Crippen molar-refractivity contribution in [1.82, 2.24) is 9.78 Å². The first kappa shape index (κ1) is 16.1. The second-order valence-corrected chi connectivity index (χ2v) is 5.07. The number of rotatable bonds is 4. The molecule has 0 saturated heterocycles. The zero-order chi connectivity index (χ0) is 18.0. The highest BCUT2D eigenvalue weighted by Gasteiger charge is 2.21. The summed E-state index contributed by atoms with van der Waals surface area (Å²) < 4.78 is 1.11. The number of carboxylic acids is 1. The lowest BCUT2D eigenvalue weighted by molar-refractivity contribution is -0.384. The van der Waals surface area contributed by atoms with Crippen LogP contribution in [0.2, 0.25) is 0 Å². The Bertz CT molecular complexity index is 1030. The average molecular weight is 337 g/mol. The predicted molar refractivity (Wildman–Crippen MR) is 88.9 cm³/mol. The lowest BCUT2D eigenvalue weighted by Gasteiger charge is -2.13. The highest BCUT2D eigenvalue weighted by atomic mass is 16.6. The van der Waals surface area contributed by atoms with E-state index in [4.69, 9.17) is 5.11 Å². The summed E-state index contributed by atoms with van der Waals surface area (Å²) in [5.41, 5.74) is -0.855. The molecule has 0 aliphatic carbocycles. The fourth-order valence-corrected chi connectivity index (χ4v) is 2.40. The smallest absolute Gasteiger partial charge is 0.360 e. The van der Waals surface area contributed by atoms with Gasteiger partial charge in [-0.25, -0.2) is 9.48 Å². The Morgan fingerprint density at radius 2 is 1.72 bits per heavy atom. The minimum atomic E-state index is -1.50. The first-order valence-corrected chi connectivity index (χ1v) is 7.16. The molecule has 25 heavy (non-hydrogen) atoms. The van der Waals surface area contributed by atoms with Gasteiger partial charge in [-0.3, -0.25) is 14.9 Å². The Morgan fingerprint density at radius 3 is 2.36 bits per heavy atom. The van der Waals surface area contributed by atoms with Crippen LogP contribution in [0, 0.1) is 10.1 Å². The van der Waals surface area contributed by atoms with Crippen molar-refractivity contribution in [3.63, 3.8) is 0 Å². The van der Waals surface area contributed by atoms with E-state index in [2.05, 4.69) is 5.10 Å². The van der Waals surface area contributed by atoms with Crippen LogP contribution in [0.5, 0.6) is 0 Å². The molecule has 0 aliphatic rings. The van der Waals surface area contributed by atoms with E-state index in [-0.39, 0.29) is 17.1 Å². The van der Waals surface area contributed by atoms with Crippen LogP contribution in [-0.2, 0) is 0 Å². The molecule has 0 aliphatic heterocycles. The maximum absolute atomic E-state index is 12.1. The van der Waals surface area contributed by atoms with E-state index in [1.807, 2.05) is 0 Å². The van der Waals surface area contributed by atoms with Gasteiger partial charge in [0.25, 0.3) is 5.69 Å². The van der Waals surface area contributed by atoms with Gasteiger partial charge in [0.05, 0.1) is 10.6 Å². The second-order valence-electron chi connectivity index (χ2n) is 5.07. The van der Waals surface area contributed by atoms with Crippen LogP contribution in [0.4, 0.5) is 5.69 Å². The Hall–Kier alpha value is -3.81. The number of aromatic carboxylic acids is 1. The van der Waals surface area contributed by atoms with Crippen molar-refractivity contribution in [2.45, 2.75) is 0 Å². The fourth-order valence-electron chi connectivity index (χ4n) is 2.40. The van der Waals surface area contributed by atoms with Crippen LogP contribution in [0.3, 0.4) is 0 Å². The van der Waals surface area contributed by atoms with E-state index in [1.165, 1.54) is 18.2 Å². The van der Waals surface area contributed by atoms with Gasteiger partial charge in [-0.05, 0) is 6.07 Å². The Kier molecular flexibility index (Phi) is 4.09. The van der Waals surface area contributed by atoms with Crippen LogP contribution in [0.15, 0.2) is 65.5 Å². The van der Waals surface area contributed by atoms with E-state index in [0.29, 0.717) is 5.56 Å². The second kappa shape index (κ2) is 6.36. The normalized spacial score (nSPS) is 10.4. The number of nitrogens with zero attached hydrogens (tertiary/aromatic N) is 3. The Morgan fingerprint density at radius 1 is 1.08 bits per heavy atom. The molecular formula is C17H11N3O5. The molecule has 0 amide bonds. The van der Waals surface area contributed by atoms with Gasteiger partial charge in [-0.2, -0.15) is 5.10 Å². The zero-order valence-electron chi connectivity index (χ0n) is 12.7. The van der Waals surface area contributed by atoms with Crippen LogP contribution >= 0.6 is 0 Å². The molecule has 3 rings (SSSR count). The largest absolute Gasteiger partial charge is 0.476 e. The summed E-state index contributed by atoms with van der Waals surface area (Å²) in [6.07, 6.45) is 0. The summed E-state index contributed by atoms with van der Waals surface area (Å²) in [7, 11) is 0. The first-order chi connectivity index (χ1) is 12.0. The summed E-state index contributed by atoms with van der Waals surface area (Å²) >= 11 is 0. The molecule has 8 heteroatoms. The van der Waals surface area contributed by atoms with Gasteiger partial charge in [0.2, 0.25) is 11.1 Å². The lowest BCUT2D eigenvalue weighted by atomic mass is 10.1. The molecular weight excluding hydrogens is 326 g/mol. The quantitative estimate of drug-likeness (QED) is 0.577. The number of benzene rings is 2. The number of para-hydroxylation sites is 2. The molecule has 1 heterocycles. The molecule has 124 valence electrons.